The molecule has 0 aromatic heterocycles. The van der Waals surface area contributed by atoms with Gasteiger partial charge in [-0.2, -0.15) is 0 Å². The van der Waals surface area contributed by atoms with Crippen molar-refractivity contribution in [2.75, 3.05) is 6.61 Å². The van der Waals surface area contributed by atoms with Crippen molar-refractivity contribution in [2.45, 2.75) is 37.3 Å². The fourth-order valence-corrected chi connectivity index (χ4v) is 4.72. The zero-order valence-corrected chi connectivity index (χ0v) is 14.8. The van der Waals surface area contributed by atoms with E-state index in [-0.39, 0.29) is 18.8 Å². The Bertz CT molecular complexity index is 530. The number of ether oxygens (including phenoxy) is 1. The van der Waals surface area contributed by atoms with Crippen LogP contribution in [0, 0.1) is 0 Å². The van der Waals surface area contributed by atoms with Crippen LogP contribution in [0.5, 0.6) is 0 Å². The summed E-state index contributed by atoms with van der Waals surface area (Å²) in [6.45, 7) is 11.9. The van der Waals surface area contributed by atoms with E-state index in [0.717, 1.165) is 5.56 Å². The molecular formula is C19H25O4P. The van der Waals surface area contributed by atoms with E-state index in [1.807, 2.05) is 30.3 Å². The Morgan fingerprint density at radius 1 is 1.17 bits per heavy atom. The quantitative estimate of drug-likeness (QED) is 0.503. The minimum atomic E-state index is -3.35. The van der Waals surface area contributed by atoms with Crippen molar-refractivity contribution in [3.05, 3.63) is 73.9 Å². The van der Waals surface area contributed by atoms with E-state index in [4.69, 9.17) is 13.8 Å². The standard InChI is InChI=1S/C19H25O4P/c1-4-10-19(15-21-14-16-11-8-7-9-12-16)24(20)22-17(5-2)13-18(6-3)23-24/h4-9,11-12,17-19H,1-3,10,13-15H2/t17-,18-,19+/m1/s1. The molecule has 1 aromatic rings. The lowest BCUT2D eigenvalue weighted by Gasteiger charge is -2.41. The van der Waals surface area contributed by atoms with Gasteiger partial charge >= 0.3 is 0 Å². The molecular weight excluding hydrogens is 323 g/mol. The van der Waals surface area contributed by atoms with Crippen LogP contribution in [0.15, 0.2) is 68.3 Å². The molecule has 0 unspecified atom stereocenters. The van der Waals surface area contributed by atoms with Crippen molar-refractivity contribution in [2.24, 2.45) is 0 Å². The Labute approximate surface area is 145 Å². The first-order valence-corrected chi connectivity index (χ1v) is 9.66. The number of hydrogen-bond acceptors (Lipinski definition) is 4. The average molecular weight is 348 g/mol. The molecule has 4 nitrogen and oxygen atoms in total. The second-order valence-corrected chi connectivity index (χ2v) is 7.95. The molecule has 5 heteroatoms. The van der Waals surface area contributed by atoms with Crippen LogP contribution in [0.2, 0.25) is 0 Å². The molecule has 0 aliphatic carbocycles. The monoisotopic (exact) mass is 348 g/mol. The molecule has 0 N–H and O–H groups in total. The maximum Gasteiger partial charge on any atom is 0.245 e. The Balaban J connectivity index is 2.02. The molecule has 130 valence electrons. The van der Waals surface area contributed by atoms with Gasteiger partial charge in [0.05, 0.1) is 13.2 Å². The van der Waals surface area contributed by atoms with Gasteiger partial charge in [-0.1, -0.05) is 48.6 Å². The molecule has 3 atom stereocenters. The predicted octanol–water partition coefficient (Wildman–Crippen LogP) is 3.82. The Morgan fingerprint density at radius 2 is 1.79 bits per heavy atom. The van der Waals surface area contributed by atoms with Crippen LogP contribution in [-0.2, 0) is 20.4 Å². The molecule has 1 fully saturated rings. The molecule has 1 saturated heterocycles. The average Bonchev–Trinajstić information content (AvgIpc) is 2.61. The van der Waals surface area contributed by atoms with Crippen LogP contribution in [0.25, 0.3) is 0 Å². The van der Waals surface area contributed by atoms with Crippen LogP contribution in [0.3, 0.4) is 0 Å². The number of allylic oxidation sites excluding steroid dienone is 1. The molecule has 0 saturated carbocycles. The third-order valence-electron chi connectivity index (χ3n) is 3.86. The molecule has 24 heavy (non-hydrogen) atoms. The smallest absolute Gasteiger partial charge is 0.245 e. The number of rotatable bonds is 9. The largest absolute Gasteiger partial charge is 0.631 e. The lowest BCUT2D eigenvalue weighted by molar-refractivity contribution is -0.237. The highest BCUT2D eigenvalue weighted by Gasteiger charge is 2.48. The molecule has 1 aliphatic heterocycles. The first kappa shape index (κ1) is 19.0. The van der Waals surface area contributed by atoms with Gasteiger partial charge in [0.1, 0.15) is 17.9 Å². The van der Waals surface area contributed by atoms with Gasteiger partial charge < -0.3 is 9.63 Å². The summed E-state index contributed by atoms with van der Waals surface area (Å²) in [4.78, 5) is 13.2. The highest BCUT2D eigenvalue weighted by Crippen LogP contribution is 2.63. The van der Waals surface area contributed by atoms with Gasteiger partial charge in [-0.3, -0.25) is 0 Å². The predicted molar refractivity (Wildman–Crippen MR) is 96.4 cm³/mol. The summed E-state index contributed by atoms with van der Waals surface area (Å²) < 4.78 is 17.2. The van der Waals surface area contributed by atoms with E-state index in [0.29, 0.717) is 19.4 Å². The summed E-state index contributed by atoms with van der Waals surface area (Å²) in [5.41, 5.74) is 0.662. The van der Waals surface area contributed by atoms with Gasteiger partial charge in [-0.15, -0.1) is 19.7 Å². The van der Waals surface area contributed by atoms with Crippen LogP contribution >= 0.6 is 7.94 Å². The van der Waals surface area contributed by atoms with E-state index in [1.54, 1.807) is 18.2 Å². The van der Waals surface area contributed by atoms with Crippen LogP contribution < -0.4 is 4.89 Å². The van der Waals surface area contributed by atoms with E-state index in [9.17, 15) is 4.89 Å². The van der Waals surface area contributed by atoms with Gasteiger partial charge in [-0.05, 0) is 5.56 Å². The molecule has 2 rings (SSSR count). The Kier molecular flexibility index (Phi) is 7.35. The number of hydrogen-bond donors (Lipinski definition) is 0. The fraction of sp³-hybridized carbons (Fsp3) is 0.368. The molecule has 0 radical (unpaired) electrons. The van der Waals surface area contributed by atoms with Crippen LogP contribution in [-0.4, -0.2) is 24.5 Å². The fourth-order valence-electron chi connectivity index (χ4n) is 2.54. The molecule has 1 aromatic carbocycles. The zero-order chi connectivity index (χ0) is 17.4. The highest BCUT2D eigenvalue weighted by atomic mass is 31.2. The topological polar surface area (TPSA) is 50.8 Å². The minimum Gasteiger partial charge on any atom is -0.631 e. The summed E-state index contributed by atoms with van der Waals surface area (Å²) in [5, 5.41) is 0. The van der Waals surface area contributed by atoms with Crippen molar-refractivity contribution in [1.29, 1.82) is 0 Å². The maximum absolute atomic E-state index is 13.2. The van der Waals surface area contributed by atoms with Crippen molar-refractivity contribution >= 4 is 7.94 Å². The molecule has 0 bridgehead atoms. The first-order valence-electron chi connectivity index (χ1n) is 8.05. The van der Waals surface area contributed by atoms with E-state index >= 15 is 0 Å². The van der Waals surface area contributed by atoms with Gasteiger partial charge in [-0.25, -0.2) is 9.05 Å². The molecule has 1 aliphatic rings. The first-order chi connectivity index (χ1) is 11.6. The van der Waals surface area contributed by atoms with Gasteiger partial charge in [0, 0.05) is 12.8 Å². The van der Waals surface area contributed by atoms with Crippen molar-refractivity contribution in [1.82, 2.24) is 0 Å². The minimum absolute atomic E-state index is 0.270. The summed E-state index contributed by atoms with van der Waals surface area (Å²) in [6.07, 6.45) is 5.46. The van der Waals surface area contributed by atoms with Crippen molar-refractivity contribution in [3.63, 3.8) is 0 Å². The third kappa shape index (κ3) is 5.10. The SMILES string of the molecule is C=CC[C@@H](COCc1ccccc1)[P+]1([O-])O[C@H](C=C)C[C@@H](C=C)O1. The van der Waals surface area contributed by atoms with Crippen LogP contribution in [0.1, 0.15) is 18.4 Å². The Hall–Kier alpha value is -1.29. The van der Waals surface area contributed by atoms with Crippen molar-refractivity contribution < 1.29 is 18.7 Å². The normalized spacial score (nSPS) is 28.0. The van der Waals surface area contributed by atoms with Crippen molar-refractivity contribution in [3.8, 4) is 0 Å². The third-order valence-corrected chi connectivity index (χ3v) is 6.25. The lowest BCUT2D eigenvalue weighted by atomic mass is 10.1. The summed E-state index contributed by atoms with van der Waals surface area (Å²) >= 11 is 0. The summed E-state index contributed by atoms with van der Waals surface area (Å²) in [6, 6.07) is 9.84. The van der Waals surface area contributed by atoms with Gasteiger partial charge in [0.25, 0.3) is 0 Å². The molecule has 1 heterocycles. The summed E-state index contributed by atoms with van der Waals surface area (Å²) in [7, 11) is -3.35. The highest BCUT2D eigenvalue weighted by molar-refractivity contribution is 7.60. The van der Waals surface area contributed by atoms with Gasteiger partial charge in [0.2, 0.25) is 7.94 Å². The second-order valence-electron chi connectivity index (χ2n) is 5.71. The van der Waals surface area contributed by atoms with E-state index < -0.39 is 13.6 Å². The molecule has 0 spiro atoms. The van der Waals surface area contributed by atoms with Crippen LogP contribution in [0.4, 0.5) is 0 Å². The second kappa shape index (κ2) is 9.26. The summed E-state index contributed by atoms with van der Waals surface area (Å²) in [5.74, 6) is 0. The van der Waals surface area contributed by atoms with Gasteiger partial charge in [0.15, 0.2) is 0 Å². The van der Waals surface area contributed by atoms with E-state index in [2.05, 4.69) is 19.7 Å². The van der Waals surface area contributed by atoms with E-state index in [1.165, 1.54) is 0 Å². The zero-order valence-electron chi connectivity index (χ0n) is 13.9. The lowest BCUT2D eigenvalue weighted by Crippen LogP contribution is -2.40. The molecule has 0 amide bonds. The number of benzene rings is 1. The Morgan fingerprint density at radius 3 is 2.33 bits per heavy atom. The maximum atomic E-state index is 13.2.